The molecule has 0 aromatic heterocycles. The van der Waals surface area contributed by atoms with Crippen LogP contribution in [-0.4, -0.2) is 39.5 Å². The first-order valence-corrected chi connectivity index (χ1v) is 8.98. The standard InChI is InChI=1S/C15H23N3O5S/c1-10(2)8-18-15(20)11(3)23-14(19)9-17-12-4-6-13(7-5-12)24(16,21)22/h4-7,10-11,17H,8-9H2,1-3H3,(H,18,20)(H2,16,21,22)/t11-/m0/s1. The van der Waals surface area contributed by atoms with Crippen molar-refractivity contribution >= 4 is 27.6 Å². The van der Waals surface area contributed by atoms with Gasteiger partial charge in [0.05, 0.1) is 4.90 Å². The highest BCUT2D eigenvalue weighted by molar-refractivity contribution is 7.89. The van der Waals surface area contributed by atoms with E-state index in [0.717, 1.165) is 0 Å². The van der Waals surface area contributed by atoms with Crippen LogP contribution in [0.15, 0.2) is 29.2 Å². The van der Waals surface area contributed by atoms with Gasteiger partial charge in [-0.25, -0.2) is 13.6 Å². The number of carbonyl (C=O) groups is 2. The fourth-order valence-corrected chi connectivity index (χ4v) is 2.19. The summed E-state index contributed by atoms with van der Waals surface area (Å²) in [5.41, 5.74) is 0.524. The number of hydrogen-bond acceptors (Lipinski definition) is 6. The number of sulfonamides is 1. The van der Waals surface area contributed by atoms with Crippen LogP contribution in [-0.2, 0) is 24.3 Å². The van der Waals surface area contributed by atoms with Gasteiger partial charge in [-0.2, -0.15) is 0 Å². The van der Waals surface area contributed by atoms with Crippen LogP contribution in [0.3, 0.4) is 0 Å². The normalized spacial score (nSPS) is 12.5. The minimum atomic E-state index is -3.75. The summed E-state index contributed by atoms with van der Waals surface area (Å²) in [5, 5.41) is 10.4. The Bertz CT molecular complexity index is 671. The molecule has 24 heavy (non-hydrogen) atoms. The number of rotatable bonds is 8. The summed E-state index contributed by atoms with van der Waals surface area (Å²) < 4.78 is 27.3. The zero-order valence-electron chi connectivity index (χ0n) is 13.9. The highest BCUT2D eigenvalue weighted by atomic mass is 32.2. The van der Waals surface area contributed by atoms with E-state index in [1.54, 1.807) is 0 Å². The molecule has 1 aromatic rings. The monoisotopic (exact) mass is 357 g/mol. The summed E-state index contributed by atoms with van der Waals surface area (Å²) in [7, 11) is -3.75. The van der Waals surface area contributed by atoms with E-state index in [0.29, 0.717) is 18.2 Å². The van der Waals surface area contributed by atoms with E-state index in [2.05, 4.69) is 10.6 Å². The maximum absolute atomic E-state index is 11.7. The average molecular weight is 357 g/mol. The van der Waals surface area contributed by atoms with Gasteiger partial charge < -0.3 is 15.4 Å². The third-order valence-electron chi connectivity index (χ3n) is 2.98. The molecule has 0 saturated carbocycles. The minimum Gasteiger partial charge on any atom is -0.451 e. The summed E-state index contributed by atoms with van der Waals surface area (Å²) in [6.45, 7) is 5.77. The predicted molar refractivity (Wildman–Crippen MR) is 89.7 cm³/mol. The lowest BCUT2D eigenvalue weighted by atomic mass is 10.2. The quantitative estimate of drug-likeness (QED) is 0.580. The summed E-state index contributed by atoms with van der Waals surface area (Å²) in [4.78, 5) is 23.4. The zero-order chi connectivity index (χ0) is 18.3. The van der Waals surface area contributed by atoms with Gasteiger partial charge >= 0.3 is 5.97 Å². The van der Waals surface area contributed by atoms with Crippen molar-refractivity contribution < 1.29 is 22.7 Å². The largest absolute Gasteiger partial charge is 0.451 e. The molecule has 0 heterocycles. The SMILES string of the molecule is CC(C)CNC(=O)[C@H](C)OC(=O)CNc1ccc(S(N)(=O)=O)cc1. The first-order chi connectivity index (χ1) is 11.1. The Hall–Kier alpha value is -2.13. The number of esters is 1. The maximum Gasteiger partial charge on any atom is 0.326 e. The first-order valence-electron chi connectivity index (χ1n) is 7.43. The first kappa shape index (κ1) is 19.9. The van der Waals surface area contributed by atoms with Crippen LogP contribution >= 0.6 is 0 Å². The molecule has 0 aliphatic carbocycles. The van der Waals surface area contributed by atoms with Crippen molar-refractivity contribution in [1.82, 2.24) is 5.32 Å². The van der Waals surface area contributed by atoms with E-state index >= 15 is 0 Å². The van der Waals surface area contributed by atoms with Crippen molar-refractivity contribution in [2.45, 2.75) is 31.8 Å². The van der Waals surface area contributed by atoms with Gasteiger partial charge in [-0.05, 0) is 37.1 Å². The van der Waals surface area contributed by atoms with Crippen LogP contribution in [0.1, 0.15) is 20.8 Å². The number of primary sulfonamides is 1. The van der Waals surface area contributed by atoms with Gasteiger partial charge in [0.15, 0.2) is 6.10 Å². The molecule has 0 aliphatic heterocycles. The van der Waals surface area contributed by atoms with Crippen LogP contribution in [0.5, 0.6) is 0 Å². The second-order valence-corrected chi connectivity index (χ2v) is 7.26. The summed E-state index contributed by atoms with van der Waals surface area (Å²) in [5.74, 6) is -0.647. The van der Waals surface area contributed by atoms with E-state index in [9.17, 15) is 18.0 Å². The van der Waals surface area contributed by atoms with E-state index in [4.69, 9.17) is 9.88 Å². The van der Waals surface area contributed by atoms with Crippen LogP contribution in [0.25, 0.3) is 0 Å². The second kappa shape index (κ2) is 8.65. The van der Waals surface area contributed by atoms with E-state index < -0.39 is 22.1 Å². The predicted octanol–water partition coefficient (Wildman–Crippen LogP) is 0.450. The maximum atomic E-state index is 11.7. The Labute approximate surface area is 141 Å². The van der Waals surface area contributed by atoms with Crippen molar-refractivity contribution in [3.05, 3.63) is 24.3 Å². The Morgan fingerprint density at radius 3 is 2.25 bits per heavy atom. The van der Waals surface area contributed by atoms with Crippen molar-refractivity contribution in [1.29, 1.82) is 0 Å². The molecule has 1 rings (SSSR count). The molecule has 9 heteroatoms. The van der Waals surface area contributed by atoms with Crippen LogP contribution < -0.4 is 15.8 Å². The molecule has 4 N–H and O–H groups in total. The van der Waals surface area contributed by atoms with Crippen LogP contribution in [0, 0.1) is 5.92 Å². The summed E-state index contributed by atoms with van der Waals surface area (Å²) >= 11 is 0. The number of anilines is 1. The zero-order valence-corrected chi connectivity index (χ0v) is 14.7. The van der Waals surface area contributed by atoms with Gasteiger partial charge in [-0.15, -0.1) is 0 Å². The third-order valence-corrected chi connectivity index (χ3v) is 3.91. The minimum absolute atomic E-state index is 0.0222. The van der Waals surface area contributed by atoms with Crippen molar-refractivity contribution in [3.8, 4) is 0 Å². The molecule has 0 bridgehead atoms. The molecule has 0 radical (unpaired) electrons. The molecule has 0 aliphatic rings. The highest BCUT2D eigenvalue weighted by Gasteiger charge is 2.17. The van der Waals surface area contributed by atoms with Gasteiger partial charge in [-0.3, -0.25) is 9.59 Å². The van der Waals surface area contributed by atoms with E-state index in [-0.39, 0.29) is 17.3 Å². The smallest absolute Gasteiger partial charge is 0.326 e. The summed E-state index contributed by atoms with van der Waals surface area (Å²) in [6.07, 6.45) is -0.886. The Morgan fingerprint density at radius 2 is 1.75 bits per heavy atom. The van der Waals surface area contributed by atoms with Crippen molar-refractivity contribution in [2.24, 2.45) is 11.1 Å². The third kappa shape index (κ3) is 6.97. The van der Waals surface area contributed by atoms with Gasteiger partial charge in [0.1, 0.15) is 6.54 Å². The van der Waals surface area contributed by atoms with Gasteiger partial charge in [0.2, 0.25) is 10.0 Å². The molecule has 0 spiro atoms. The van der Waals surface area contributed by atoms with Crippen LogP contribution in [0.4, 0.5) is 5.69 Å². The lowest BCUT2D eigenvalue weighted by Crippen LogP contribution is -2.38. The van der Waals surface area contributed by atoms with Gasteiger partial charge in [0, 0.05) is 12.2 Å². The molecular formula is C15H23N3O5S. The molecule has 134 valence electrons. The van der Waals surface area contributed by atoms with E-state index in [1.807, 2.05) is 13.8 Å². The molecule has 1 aromatic carbocycles. The number of hydrogen-bond donors (Lipinski definition) is 3. The Balaban J connectivity index is 2.44. The molecular weight excluding hydrogens is 334 g/mol. The lowest BCUT2D eigenvalue weighted by Gasteiger charge is -2.15. The van der Waals surface area contributed by atoms with Gasteiger partial charge in [0.25, 0.3) is 5.91 Å². The number of carbonyl (C=O) groups excluding carboxylic acids is 2. The number of benzene rings is 1. The van der Waals surface area contributed by atoms with Crippen LogP contribution in [0.2, 0.25) is 0 Å². The fraction of sp³-hybridized carbons (Fsp3) is 0.467. The highest BCUT2D eigenvalue weighted by Crippen LogP contribution is 2.12. The topological polar surface area (TPSA) is 128 Å². The number of amides is 1. The molecule has 1 atom stereocenters. The van der Waals surface area contributed by atoms with E-state index in [1.165, 1.54) is 31.2 Å². The molecule has 1 amide bonds. The average Bonchev–Trinajstić information content (AvgIpc) is 2.50. The summed E-state index contributed by atoms with van der Waals surface area (Å²) in [6, 6.07) is 5.60. The number of nitrogens with two attached hydrogens (primary N) is 1. The number of nitrogens with one attached hydrogen (secondary N) is 2. The number of ether oxygens (including phenoxy) is 1. The second-order valence-electron chi connectivity index (χ2n) is 5.69. The van der Waals surface area contributed by atoms with Crippen molar-refractivity contribution in [2.75, 3.05) is 18.4 Å². The molecule has 0 saturated heterocycles. The molecule has 0 fully saturated rings. The Morgan fingerprint density at radius 1 is 1.17 bits per heavy atom. The Kier molecular flexibility index (Phi) is 7.18. The van der Waals surface area contributed by atoms with Crippen molar-refractivity contribution in [3.63, 3.8) is 0 Å². The lowest BCUT2D eigenvalue weighted by molar-refractivity contribution is -0.153. The fourth-order valence-electron chi connectivity index (χ4n) is 1.68. The molecule has 8 nitrogen and oxygen atoms in total. The molecule has 0 unspecified atom stereocenters. The van der Waals surface area contributed by atoms with Gasteiger partial charge in [-0.1, -0.05) is 13.8 Å².